The van der Waals surface area contributed by atoms with Crippen molar-refractivity contribution in [3.63, 3.8) is 0 Å². The molecule has 0 amide bonds. The summed E-state index contributed by atoms with van der Waals surface area (Å²) in [5.74, 6) is 3.09. The third-order valence-corrected chi connectivity index (χ3v) is 3.27. The standard InChI is InChI=1S/C17H13N5OS/c18-17(24)19-9-1-2-12-5-8-14-16(21-12)22-15(10-20-14)11-3-6-13(23)7-4-11/h3-8,10,23H,2H2,(H3,18,19,24). The van der Waals surface area contributed by atoms with Gasteiger partial charge < -0.3 is 10.8 Å². The quantitative estimate of drug-likeness (QED) is 0.373. The van der Waals surface area contributed by atoms with E-state index in [4.69, 9.17) is 5.73 Å². The molecule has 0 saturated heterocycles. The van der Waals surface area contributed by atoms with Gasteiger partial charge in [0.1, 0.15) is 11.3 Å². The van der Waals surface area contributed by atoms with Crippen LogP contribution in [0.15, 0.2) is 42.6 Å². The van der Waals surface area contributed by atoms with Crippen molar-refractivity contribution >= 4 is 28.5 Å². The molecule has 1 aromatic carbocycles. The first-order chi connectivity index (χ1) is 11.6. The fourth-order valence-electron chi connectivity index (χ4n) is 2.05. The average Bonchev–Trinajstić information content (AvgIpc) is 2.58. The number of nitrogens with zero attached hydrogens (tertiary/aromatic N) is 3. The molecule has 0 saturated carbocycles. The Balaban J connectivity index is 1.88. The van der Waals surface area contributed by atoms with E-state index in [1.165, 1.54) is 0 Å². The molecule has 0 unspecified atom stereocenters. The molecule has 0 atom stereocenters. The Labute approximate surface area is 143 Å². The van der Waals surface area contributed by atoms with Crippen molar-refractivity contribution in [1.29, 1.82) is 0 Å². The Hall–Kier alpha value is -3.24. The molecule has 2 heterocycles. The molecule has 0 spiro atoms. The van der Waals surface area contributed by atoms with Gasteiger partial charge in [-0.15, -0.1) is 0 Å². The number of benzene rings is 1. The summed E-state index contributed by atoms with van der Waals surface area (Å²) >= 11 is 4.67. The molecule has 0 fully saturated rings. The van der Waals surface area contributed by atoms with Crippen molar-refractivity contribution in [1.82, 2.24) is 20.3 Å². The summed E-state index contributed by atoms with van der Waals surface area (Å²) < 4.78 is 0. The number of nitrogens with two attached hydrogens (primary N) is 1. The van der Waals surface area contributed by atoms with Gasteiger partial charge in [-0.25, -0.2) is 9.97 Å². The second kappa shape index (κ2) is 6.89. The van der Waals surface area contributed by atoms with Crippen molar-refractivity contribution in [2.24, 2.45) is 5.73 Å². The largest absolute Gasteiger partial charge is 0.508 e. The Morgan fingerprint density at radius 2 is 1.96 bits per heavy atom. The minimum Gasteiger partial charge on any atom is -0.508 e. The molecule has 24 heavy (non-hydrogen) atoms. The summed E-state index contributed by atoms with van der Waals surface area (Å²) in [4.78, 5) is 13.4. The van der Waals surface area contributed by atoms with E-state index in [0.29, 0.717) is 23.3 Å². The Morgan fingerprint density at radius 3 is 2.71 bits per heavy atom. The van der Waals surface area contributed by atoms with Crippen LogP contribution in [-0.4, -0.2) is 25.2 Å². The second-order valence-corrected chi connectivity index (χ2v) is 5.36. The minimum atomic E-state index is 0.137. The lowest BCUT2D eigenvalue weighted by Crippen LogP contribution is -2.24. The van der Waals surface area contributed by atoms with E-state index in [1.807, 2.05) is 12.1 Å². The third-order valence-electron chi connectivity index (χ3n) is 3.17. The number of thiocarbonyl (C=S) groups is 1. The van der Waals surface area contributed by atoms with Gasteiger partial charge in [0.15, 0.2) is 10.8 Å². The molecule has 4 N–H and O–H groups in total. The van der Waals surface area contributed by atoms with Gasteiger partial charge in [0.05, 0.1) is 24.0 Å². The van der Waals surface area contributed by atoms with Crippen LogP contribution in [0.3, 0.4) is 0 Å². The highest BCUT2D eigenvalue weighted by molar-refractivity contribution is 7.80. The van der Waals surface area contributed by atoms with Gasteiger partial charge in [0, 0.05) is 11.6 Å². The number of hydrogen-bond donors (Lipinski definition) is 3. The first kappa shape index (κ1) is 15.6. The zero-order chi connectivity index (χ0) is 16.9. The second-order valence-electron chi connectivity index (χ2n) is 4.92. The Morgan fingerprint density at radius 1 is 1.17 bits per heavy atom. The van der Waals surface area contributed by atoms with E-state index in [9.17, 15) is 5.11 Å². The zero-order valence-electron chi connectivity index (χ0n) is 12.5. The van der Waals surface area contributed by atoms with Crippen molar-refractivity contribution in [2.75, 3.05) is 0 Å². The predicted molar refractivity (Wildman–Crippen MR) is 95.8 cm³/mol. The summed E-state index contributed by atoms with van der Waals surface area (Å²) in [7, 11) is 0. The van der Waals surface area contributed by atoms with Crippen molar-refractivity contribution in [3.8, 4) is 29.0 Å². The van der Waals surface area contributed by atoms with Crippen LogP contribution in [0, 0.1) is 12.0 Å². The summed E-state index contributed by atoms with van der Waals surface area (Å²) in [6.07, 6.45) is 2.12. The molecule has 0 radical (unpaired) electrons. The van der Waals surface area contributed by atoms with Crippen LogP contribution >= 0.6 is 12.2 Å². The zero-order valence-corrected chi connectivity index (χ0v) is 13.3. The number of hydrogen-bond acceptors (Lipinski definition) is 5. The Kier molecular flexibility index (Phi) is 4.50. The maximum atomic E-state index is 9.37. The van der Waals surface area contributed by atoms with Gasteiger partial charge in [-0.2, -0.15) is 0 Å². The van der Waals surface area contributed by atoms with Crippen LogP contribution in [0.1, 0.15) is 5.69 Å². The van der Waals surface area contributed by atoms with E-state index < -0.39 is 0 Å². The topological polar surface area (TPSA) is 97.0 Å². The molecule has 7 heteroatoms. The minimum absolute atomic E-state index is 0.137. The van der Waals surface area contributed by atoms with E-state index in [1.54, 1.807) is 30.5 Å². The molecule has 118 valence electrons. The van der Waals surface area contributed by atoms with Gasteiger partial charge in [-0.1, -0.05) is 5.92 Å². The smallest absolute Gasteiger partial charge is 0.179 e. The summed E-state index contributed by atoms with van der Waals surface area (Å²) in [5, 5.41) is 12.1. The number of aromatic hydroxyl groups is 1. The lowest BCUT2D eigenvalue weighted by atomic mass is 10.1. The fourth-order valence-corrected chi connectivity index (χ4v) is 2.10. The van der Waals surface area contributed by atoms with Crippen molar-refractivity contribution in [3.05, 3.63) is 48.3 Å². The first-order valence-electron chi connectivity index (χ1n) is 7.07. The Bertz CT molecular complexity index is 960. The molecule has 0 aliphatic carbocycles. The molecule has 2 aromatic heterocycles. The number of nitrogens with one attached hydrogen (secondary N) is 1. The highest BCUT2D eigenvalue weighted by Crippen LogP contribution is 2.21. The summed E-state index contributed by atoms with van der Waals surface area (Å²) in [5.41, 5.74) is 8.86. The molecule has 0 aliphatic heterocycles. The van der Waals surface area contributed by atoms with Crippen LogP contribution in [0.2, 0.25) is 0 Å². The molecule has 3 rings (SSSR count). The molecule has 0 aliphatic rings. The third kappa shape index (κ3) is 3.74. The molecular formula is C17H13N5OS. The first-order valence-corrected chi connectivity index (χ1v) is 7.48. The number of phenols is 1. The highest BCUT2D eigenvalue weighted by atomic mass is 32.1. The van der Waals surface area contributed by atoms with Crippen LogP contribution in [0.4, 0.5) is 0 Å². The number of rotatable bonds is 2. The van der Waals surface area contributed by atoms with Gasteiger partial charge in [0.2, 0.25) is 0 Å². The SMILES string of the molecule is NC(=S)NC#CCc1ccc2ncc(-c3ccc(O)cc3)nc2n1. The average molecular weight is 335 g/mol. The number of aromatic nitrogens is 3. The van der Waals surface area contributed by atoms with E-state index >= 15 is 0 Å². The van der Waals surface area contributed by atoms with Gasteiger partial charge >= 0.3 is 0 Å². The van der Waals surface area contributed by atoms with Gasteiger partial charge in [-0.3, -0.25) is 10.3 Å². The monoisotopic (exact) mass is 335 g/mol. The predicted octanol–water partition coefficient (Wildman–Crippen LogP) is 1.73. The number of pyridine rings is 1. The maximum absolute atomic E-state index is 9.37. The van der Waals surface area contributed by atoms with Crippen LogP contribution in [0.5, 0.6) is 5.75 Å². The van der Waals surface area contributed by atoms with Crippen LogP contribution in [0.25, 0.3) is 22.4 Å². The highest BCUT2D eigenvalue weighted by Gasteiger charge is 2.05. The van der Waals surface area contributed by atoms with Crippen molar-refractivity contribution in [2.45, 2.75) is 6.42 Å². The lowest BCUT2D eigenvalue weighted by Gasteiger charge is -2.03. The van der Waals surface area contributed by atoms with Crippen LogP contribution in [-0.2, 0) is 6.42 Å². The number of fused-ring (bicyclic) bond motifs is 1. The van der Waals surface area contributed by atoms with Gasteiger partial charge in [0.25, 0.3) is 0 Å². The number of phenolic OH excluding ortho intramolecular Hbond substituents is 1. The molecular weight excluding hydrogens is 322 g/mol. The van der Waals surface area contributed by atoms with Crippen LogP contribution < -0.4 is 11.1 Å². The summed E-state index contributed by atoms with van der Waals surface area (Å²) in [6.45, 7) is 0. The molecule has 0 bridgehead atoms. The van der Waals surface area contributed by atoms with Crippen molar-refractivity contribution < 1.29 is 5.11 Å². The fraction of sp³-hybridized carbons (Fsp3) is 0.0588. The molecule has 3 aromatic rings. The summed E-state index contributed by atoms with van der Waals surface area (Å²) in [6, 6.07) is 13.1. The van der Waals surface area contributed by atoms with E-state index in [0.717, 1.165) is 11.3 Å². The maximum Gasteiger partial charge on any atom is 0.179 e. The normalized spacial score (nSPS) is 10.0. The molecule has 6 nitrogen and oxygen atoms in total. The van der Waals surface area contributed by atoms with Gasteiger partial charge in [-0.05, 0) is 48.6 Å². The lowest BCUT2D eigenvalue weighted by molar-refractivity contribution is 0.475. The van der Waals surface area contributed by atoms with E-state index in [-0.39, 0.29) is 10.9 Å². The van der Waals surface area contributed by atoms with E-state index in [2.05, 4.69) is 44.5 Å².